The predicted octanol–water partition coefficient (Wildman–Crippen LogP) is 3.60. The van der Waals surface area contributed by atoms with Gasteiger partial charge in [0.2, 0.25) is 0 Å². The molecule has 1 saturated heterocycles. The molecule has 0 radical (unpaired) electrons. The Bertz CT molecular complexity index is 775. The number of amides is 1. The third-order valence-corrected chi connectivity index (χ3v) is 5.42. The van der Waals surface area contributed by atoms with E-state index in [0.717, 1.165) is 60.7 Å². The van der Waals surface area contributed by atoms with Crippen LogP contribution in [0.25, 0.3) is 0 Å². The van der Waals surface area contributed by atoms with Gasteiger partial charge >= 0.3 is 0 Å². The zero-order valence-corrected chi connectivity index (χ0v) is 15.2. The molecular weight excluding hydrogens is 312 g/mol. The van der Waals surface area contributed by atoms with Crippen LogP contribution in [0.4, 0.5) is 0 Å². The number of fused-ring (bicyclic) bond motifs is 1. The van der Waals surface area contributed by atoms with E-state index in [0.29, 0.717) is 0 Å². The van der Waals surface area contributed by atoms with Gasteiger partial charge in [-0.1, -0.05) is 23.6 Å². The van der Waals surface area contributed by atoms with Crippen molar-refractivity contribution in [2.45, 2.75) is 65.0 Å². The molecule has 1 unspecified atom stereocenters. The van der Waals surface area contributed by atoms with E-state index in [1.54, 1.807) is 0 Å². The summed E-state index contributed by atoms with van der Waals surface area (Å²) >= 11 is 0. The highest BCUT2D eigenvalue weighted by Crippen LogP contribution is 2.33. The molecule has 0 spiro atoms. The van der Waals surface area contributed by atoms with E-state index in [1.165, 1.54) is 19.3 Å². The Balaban J connectivity index is 1.65. The molecule has 5 heteroatoms. The molecular formula is C20H26N4O. The third kappa shape index (κ3) is 3.08. The zero-order valence-electron chi connectivity index (χ0n) is 15.2. The minimum Gasteiger partial charge on any atom is -0.328 e. The van der Waals surface area contributed by atoms with Gasteiger partial charge in [-0.3, -0.25) is 4.79 Å². The van der Waals surface area contributed by atoms with E-state index in [2.05, 4.69) is 20.8 Å². The van der Waals surface area contributed by atoms with Gasteiger partial charge in [0.1, 0.15) is 5.82 Å². The van der Waals surface area contributed by atoms with E-state index in [4.69, 9.17) is 0 Å². The lowest BCUT2D eigenvalue weighted by molar-refractivity contribution is 0.0727. The zero-order chi connectivity index (χ0) is 17.4. The molecule has 1 aromatic heterocycles. The quantitative estimate of drug-likeness (QED) is 0.841. The van der Waals surface area contributed by atoms with Crippen molar-refractivity contribution in [2.24, 2.45) is 0 Å². The second-order valence-electron chi connectivity index (χ2n) is 7.47. The SMILES string of the molecule is Cc1cc(C)cc(C(=O)N2CCCC2c2nnc3n2CCCCC3)c1. The predicted molar refractivity (Wildman–Crippen MR) is 96.5 cm³/mol. The minimum absolute atomic E-state index is 0.0627. The molecule has 1 amide bonds. The van der Waals surface area contributed by atoms with Crippen molar-refractivity contribution in [3.63, 3.8) is 0 Å². The molecule has 25 heavy (non-hydrogen) atoms. The van der Waals surface area contributed by atoms with Crippen LogP contribution in [0, 0.1) is 13.8 Å². The maximum atomic E-state index is 13.2. The molecule has 0 aliphatic carbocycles. The smallest absolute Gasteiger partial charge is 0.254 e. The molecule has 2 aliphatic heterocycles. The van der Waals surface area contributed by atoms with Crippen LogP contribution in [0.5, 0.6) is 0 Å². The van der Waals surface area contributed by atoms with Crippen LogP contribution < -0.4 is 0 Å². The standard InChI is InChI=1S/C20H26N4O/c1-14-11-15(2)13-16(12-14)20(25)23-10-6-7-17(23)19-22-21-18-8-4-3-5-9-24(18)19/h11-13,17H,3-10H2,1-2H3. The van der Waals surface area contributed by atoms with Gasteiger partial charge in [-0.05, 0) is 51.7 Å². The Hall–Kier alpha value is -2.17. The highest BCUT2D eigenvalue weighted by Gasteiger charge is 2.34. The van der Waals surface area contributed by atoms with Crippen LogP contribution in [-0.4, -0.2) is 32.1 Å². The van der Waals surface area contributed by atoms with Gasteiger partial charge in [-0.25, -0.2) is 0 Å². The van der Waals surface area contributed by atoms with Crippen molar-refractivity contribution in [2.75, 3.05) is 6.54 Å². The molecule has 3 heterocycles. The highest BCUT2D eigenvalue weighted by atomic mass is 16.2. The average molecular weight is 338 g/mol. The Morgan fingerprint density at radius 1 is 1.00 bits per heavy atom. The lowest BCUT2D eigenvalue weighted by Crippen LogP contribution is -2.32. The lowest BCUT2D eigenvalue weighted by atomic mass is 10.1. The number of benzene rings is 1. The molecule has 1 aromatic carbocycles. The van der Waals surface area contributed by atoms with Crippen molar-refractivity contribution in [3.8, 4) is 0 Å². The van der Waals surface area contributed by atoms with Crippen molar-refractivity contribution in [3.05, 3.63) is 46.5 Å². The van der Waals surface area contributed by atoms with E-state index in [9.17, 15) is 4.79 Å². The van der Waals surface area contributed by atoms with Crippen LogP contribution in [0.15, 0.2) is 18.2 Å². The maximum absolute atomic E-state index is 13.2. The summed E-state index contributed by atoms with van der Waals surface area (Å²) in [5, 5.41) is 8.93. The first-order chi connectivity index (χ1) is 12.1. The minimum atomic E-state index is 0.0627. The summed E-state index contributed by atoms with van der Waals surface area (Å²) in [6.07, 6.45) is 6.63. The fourth-order valence-electron chi connectivity index (χ4n) is 4.30. The topological polar surface area (TPSA) is 51.0 Å². The van der Waals surface area contributed by atoms with Crippen molar-refractivity contribution in [1.29, 1.82) is 0 Å². The number of rotatable bonds is 2. The summed E-state index contributed by atoms with van der Waals surface area (Å²) in [6.45, 7) is 5.88. The van der Waals surface area contributed by atoms with Gasteiger partial charge in [-0.2, -0.15) is 0 Å². The largest absolute Gasteiger partial charge is 0.328 e. The Morgan fingerprint density at radius 3 is 2.60 bits per heavy atom. The first-order valence-corrected chi connectivity index (χ1v) is 9.45. The molecule has 1 fully saturated rings. The second-order valence-corrected chi connectivity index (χ2v) is 7.47. The maximum Gasteiger partial charge on any atom is 0.254 e. The van der Waals surface area contributed by atoms with Gasteiger partial charge in [0.25, 0.3) is 5.91 Å². The van der Waals surface area contributed by atoms with Crippen molar-refractivity contribution in [1.82, 2.24) is 19.7 Å². The fourth-order valence-corrected chi connectivity index (χ4v) is 4.30. The monoisotopic (exact) mass is 338 g/mol. The number of hydrogen-bond acceptors (Lipinski definition) is 3. The third-order valence-electron chi connectivity index (χ3n) is 5.42. The number of hydrogen-bond donors (Lipinski definition) is 0. The van der Waals surface area contributed by atoms with Crippen LogP contribution >= 0.6 is 0 Å². The summed E-state index contributed by atoms with van der Waals surface area (Å²) < 4.78 is 2.28. The Labute approximate surface area is 149 Å². The molecule has 0 N–H and O–H groups in total. The molecule has 0 bridgehead atoms. The van der Waals surface area contributed by atoms with Gasteiger partial charge in [0.05, 0.1) is 6.04 Å². The number of aromatic nitrogens is 3. The summed E-state index contributed by atoms with van der Waals surface area (Å²) in [4.78, 5) is 15.2. The van der Waals surface area contributed by atoms with Crippen molar-refractivity contribution >= 4 is 5.91 Å². The molecule has 4 rings (SSSR count). The normalized spacial score (nSPS) is 20.4. The van der Waals surface area contributed by atoms with E-state index < -0.39 is 0 Å². The summed E-state index contributed by atoms with van der Waals surface area (Å²) in [6, 6.07) is 6.16. The summed E-state index contributed by atoms with van der Waals surface area (Å²) in [5.41, 5.74) is 3.06. The number of likely N-dealkylation sites (tertiary alicyclic amines) is 1. The fraction of sp³-hybridized carbons (Fsp3) is 0.550. The number of nitrogens with zero attached hydrogens (tertiary/aromatic N) is 4. The molecule has 2 aliphatic rings. The number of aryl methyl sites for hydroxylation is 3. The Morgan fingerprint density at radius 2 is 1.80 bits per heavy atom. The number of carbonyl (C=O) groups is 1. The van der Waals surface area contributed by atoms with Crippen LogP contribution in [0.1, 0.15) is 71.3 Å². The molecule has 0 saturated carbocycles. The van der Waals surface area contributed by atoms with E-state index in [1.807, 2.05) is 30.9 Å². The second kappa shape index (κ2) is 6.62. The van der Waals surface area contributed by atoms with Gasteiger partial charge in [-0.15, -0.1) is 10.2 Å². The first kappa shape index (κ1) is 16.3. The molecule has 2 aromatic rings. The number of carbonyl (C=O) groups excluding carboxylic acids is 1. The van der Waals surface area contributed by atoms with Gasteiger partial charge < -0.3 is 9.47 Å². The lowest BCUT2D eigenvalue weighted by Gasteiger charge is -2.25. The van der Waals surface area contributed by atoms with Crippen LogP contribution in [0.2, 0.25) is 0 Å². The first-order valence-electron chi connectivity index (χ1n) is 9.45. The summed E-state index contributed by atoms with van der Waals surface area (Å²) in [5.74, 6) is 2.21. The highest BCUT2D eigenvalue weighted by molar-refractivity contribution is 5.95. The van der Waals surface area contributed by atoms with E-state index >= 15 is 0 Å². The van der Waals surface area contributed by atoms with Crippen LogP contribution in [0.3, 0.4) is 0 Å². The molecule has 5 nitrogen and oxygen atoms in total. The van der Waals surface area contributed by atoms with Crippen molar-refractivity contribution < 1.29 is 4.79 Å². The van der Waals surface area contributed by atoms with E-state index in [-0.39, 0.29) is 11.9 Å². The molecule has 132 valence electrons. The molecule has 1 atom stereocenters. The summed E-state index contributed by atoms with van der Waals surface area (Å²) in [7, 11) is 0. The van der Waals surface area contributed by atoms with Gasteiger partial charge in [0.15, 0.2) is 5.82 Å². The average Bonchev–Trinajstić information content (AvgIpc) is 3.14. The Kier molecular flexibility index (Phi) is 4.32. The van der Waals surface area contributed by atoms with Gasteiger partial charge in [0, 0.05) is 25.1 Å². The van der Waals surface area contributed by atoms with Crippen LogP contribution in [-0.2, 0) is 13.0 Å².